The van der Waals surface area contributed by atoms with Crippen LogP contribution in [-0.4, -0.2) is 41.7 Å². The zero-order valence-electron chi connectivity index (χ0n) is 11.2. The van der Waals surface area contributed by atoms with Crippen LogP contribution >= 0.6 is 11.3 Å². The molecule has 1 aromatic heterocycles. The number of rotatable bonds is 7. The molecule has 0 saturated heterocycles. The van der Waals surface area contributed by atoms with Crippen molar-refractivity contribution in [3.8, 4) is 6.07 Å². The number of aliphatic hydroxyl groups is 1. The van der Waals surface area contributed by atoms with Crippen molar-refractivity contribution in [3.63, 3.8) is 0 Å². The highest BCUT2D eigenvalue weighted by molar-refractivity contribution is 7.14. The highest BCUT2D eigenvalue weighted by atomic mass is 32.1. The SMILES string of the molecule is CC(C)N(CCO)CCC(=O)Nc1sccc1C#N. The Hall–Kier alpha value is -1.42. The maximum absolute atomic E-state index is 11.8. The molecular formula is C13H19N3O2S. The van der Waals surface area contributed by atoms with Crippen LogP contribution in [0, 0.1) is 11.3 Å². The third-order valence-corrected chi connectivity index (χ3v) is 3.61. The average molecular weight is 281 g/mol. The van der Waals surface area contributed by atoms with E-state index in [1.807, 2.05) is 24.8 Å². The monoisotopic (exact) mass is 281 g/mol. The van der Waals surface area contributed by atoms with Crippen molar-refractivity contribution in [1.82, 2.24) is 4.90 Å². The van der Waals surface area contributed by atoms with Crippen LogP contribution in [0.3, 0.4) is 0 Å². The van der Waals surface area contributed by atoms with Crippen molar-refractivity contribution in [1.29, 1.82) is 5.26 Å². The number of anilines is 1. The Morgan fingerprint density at radius 3 is 2.89 bits per heavy atom. The summed E-state index contributed by atoms with van der Waals surface area (Å²) in [5.41, 5.74) is 0.495. The largest absolute Gasteiger partial charge is 0.395 e. The molecule has 0 unspecified atom stereocenters. The Labute approximate surface area is 117 Å². The summed E-state index contributed by atoms with van der Waals surface area (Å²) in [6.07, 6.45) is 0.348. The molecule has 0 atom stereocenters. The van der Waals surface area contributed by atoms with Crippen molar-refractivity contribution in [3.05, 3.63) is 17.0 Å². The number of nitrogens with one attached hydrogen (secondary N) is 1. The first-order chi connectivity index (χ1) is 9.08. The fraction of sp³-hybridized carbons (Fsp3) is 0.538. The molecule has 104 valence electrons. The van der Waals surface area contributed by atoms with Crippen LogP contribution in [0.1, 0.15) is 25.8 Å². The molecule has 5 nitrogen and oxygen atoms in total. The molecule has 1 aromatic rings. The van der Waals surface area contributed by atoms with E-state index < -0.39 is 0 Å². The number of carbonyl (C=O) groups is 1. The highest BCUT2D eigenvalue weighted by Crippen LogP contribution is 2.22. The molecule has 0 spiro atoms. The van der Waals surface area contributed by atoms with Crippen LogP contribution in [0.15, 0.2) is 11.4 Å². The molecule has 2 N–H and O–H groups in total. The van der Waals surface area contributed by atoms with Gasteiger partial charge < -0.3 is 10.4 Å². The fourth-order valence-electron chi connectivity index (χ4n) is 1.69. The summed E-state index contributed by atoms with van der Waals surface area (Å²) in [6, 6.07) is 4.01. The van der Waals surface area contributed by atoms with E-state index in [2.05, 4.69) is 5.32 Å². The van der Waals surface area contributed by atoms with Gasteiger partial charge in [0.15, 0.2) is 0 Å². The van der Waals surface area contributed by atoms with Crippen LogP contribution in [-0.2, 0) is 4.79 Å². The number of nitriles is 1. The quantitative estimate of drug-likeness (QED) is 0.797. The summed E-state index contributed by atoms with van der Waals surface area (Å²) in [5.74, 6) is -0.109. The number of hydrogen-bond donors (Lipinski definition) is 2. The molecule has 0 fully saturated rings. The van der Waals surface area contributed by atoms with Gasteiger partial charge in [-0.1, -0.05) is 0 Å². The second-order valence-corrected chi connectivity index (χ2v) is 5.34. The lowest BCUT2D eigenvalue weighted by atomic mass is 10.2. The van der Waals surface area contributed by atoms with Gasteiger partial charge in [-0.25, -0.2) is 0 Å². The number of amides is 1. The minimum absolute atomic E-state index is 0.0866. The van der Waals surface area contributed by atoms with Crippen LogP contribution in [0.25, 0.3) is 0 Å². The van der Waals surface area contributed by atoms with E-state index in [0.717, 1.165) is 0 Å². The normalized spacial score (nSPS) is 10.7. The summed E-state index contributed by atoms with van der Waals surface area (Å²) in [6.45, 7) is 5.30. The second-order valence-electron chi connectivity index (χ2n) is 4.43. The van der Waals surface area contributed by atoms with E-state index in [0.29, 0.717) is 30.1 Å². The van der Waals surface area contributed by atoms with E-state index >= 15 is 0 Å². The van der Waals surface area contributed by atoms with Crippen molar-refractivity contribution < 1.29 is 9.90 Å². The molecule has 0 saturated carbocycles. The van der Waals surface area contributed by atoms with Gasteiger partial charge in [0.2, 0.25) is 5.91 Å². The summed E-state index contributed by atoms with van der Waals surface area (Å²) >= 11 is 1.35. The van der Waals surface area contributed by atoms with Crippen molar-refractivity contribution in [2.24, 2.45) is 0 Å². The maximum Gasteiger partial charge on any atom is 0.226 e. The summed E-state index contributed by atoms with van der Waals surface area (Å²) in [4.78, 5) is 13.8. The summed E-state index contributed by atoms with van der Waals surface area (Å²) < 4.78 is 0. The fourth-order valence-corrected chi connectivity index (χ4v) is 2.44. The van der Waals surface area contributed by atoms with Gasteiger partial charge in [-0.15, -0.1) is 11.3 Å². The number of aliphatic hydroxyl groups excluding tert-OH is 1. The molecule has 1 heterocycles. The van der Waals surface area contributed by atoms with Gasteiger partial charge in [-0.2, -0.15) is 5.26 Å². The number of thiophene rings is 1. The number of hydrogen-bond acceptors (Lipinski definition) is 5. The molecule has 0 aromatic carbocycles. The lowest BCUT2D eigenvalue weighted by Crippen LogP contribution is -2.35. The van der Waals surface area contributed by atoms with Crippen LogP contribution < -0.4 is 5.32 Å². The topological polar surface area (TPSA) is 76.4 Å². The van der Waals surface area contributed by atoms with Gasteiger partial charge >= 0.3 is 0 Å². The van der Waals surface area contributed by atoms with E-state index in [4.69, 9.17) is 10.4 Å². The first-order valence-electron chi connectivity index (χ1n) is 6.20. The first kappa shape index (κ1) is 15.6. The maximum atomic E-state index is 11.8. The van der Waals surface area contributed by atoms with E-state index in [9.17, 15) is 4.79 Å². The Morgan fingerprint density at radius 2 is 2.32 bits per heavy atom. The minimum Gasteiger partial charge on any atom is -0.395 e. The lowest BCUT2D eigenvalue weighted by molar-refractivity contribution is -0.116. The Kier molecular flexibility index (Phi) is 6.50. The molecule has 0 bridgehead atoms. The van der Waals surface area contributed by atoms with Crippen molar-refractivity contribution in [2.45, 2.75) is 26.3 Å². The third kappa shape index (κ3) is 4.99. The second kappa shape index (κ2) is 7.89. The molecule has 6 heteroatoms. The zero-order valence-corrected chi connectivity index (χ0v) is 12.0. The van der Waals surface area contributed by atoms with Crippen LogP contribution in [0.2, 0.25) is 0 Å². The molecule has 1 amide bonds. The Morgan fingerprint density at radius 1 is 1.58 bits per heavy atom. The molecule has 0 aliphatic heterocycles. The van der Waals surface area contributed by atoms with Crippen molar-refractivity contribution >= 4 is 22.2 Å². The standard InChI is InChI=1S/C13H19N3O2S/c1-10(2)16(6-7-17)5-3-12(18)15-13-11(9-14)4-8-19-13/h4,8,10,17H,3,5-7H2,1-2H3,(H,15,18). The van der Waals surface area contributed by atoms with E-state index in [-0.39, 0.29) is 18.6 Å². The molecule has 0 aliphatic carbocycles. The van der Waals surface area contributed by atoms with Gasteiger partial charge in [0.05, 0.1) is 12.2 Å². The predicted octanol–water partition coefficient (Wildman–Crippen LogP) is 1.65. The van der Waals surface area contributed by atoms with Gasteiger partial charge in [-0.3, -0.25) is 9.69 Å². The molecule has 0 aliphatic rings. The van der Waals surface area contributed by atoms with E-state index in [1.54, 1.807) is 11.4 Å². The number of carbonyl (C=O) groups excluding carboxylic acids is 1. The van der Waals surface area contributed by atoms with Crippen LogP contribution in [0.4, 0.5) is 5.00 Å². The molecular weight excluding hydrogens is 262 g/mol. The van der Waals surface area contributed by atoms with Gasteiger partial charge in [0, 0.05) is 25.6 Å². The van der Waals surface area contributed by atoms with Gasteiger partial charge in [0.1, 0.15) is 11.1 Å². The summed E-state index contributed by atoms with van der Waals surface area (Å²) in [5, 5.41) is 22.9. The smallest absolute Gasteiger partial charge is 0.226 e. The molecule has 19 heavy (non-hydrogen) atoms. The number of nitrogens with zero attached hydrogens (tertiary/aromatic N) is 2. The lowest BCUT2D eigenvalue weighted by Gasteiger charge is -2.25. The third-order valence-electron chi connectivity index (χ3n) is 2.78. The minimum atomic E-state index is -0.109. The Balaban J connectivity index is 2.45. The molecule has 1 rings (SSSR count). The van der Waals surface area contributed by atoms with Gasteiger partial charge in [0.25, 0.3) is 0 Å². The van der Waals surface area contributed by atoms with Gasteiger partial charge in [-0.05, 0) is 25.3 Å². The first-order valence-corrected chi connectivity index (χ1v) is 7.08. The molecule has 0 radical (unpaired) electrons. The van der Waals surface area contributed by atoms with E-state index in [1.165, 1.54) is 11.3 Å². The highest BCUT2D eigenvalue weighted by Gasteiger charge is 2.12. The Bertz CT molecular complexity index is 451. The predicted molar refractivity (Wildman–Crippen MR) is 76.1 cm³/mol. The zero-order chi connectivity index (χ0) is 14.3. The van der Waals surface area contributed by atoms with Crippen LogP contribution in [0.5, 0.6) is 0 Å². The average Bonchev–Trinajstić information content (AvgIpc) is 2.81. The van der Waals surface area contributed by atoms with Crippen molar-refractivity contribution in [2.75, 3.05) is 25.0 Å². The summed E-state index contributed by atoms with van der Waals surface area (Å²) in [7, 11) is 0.